The molecule has 0 radical (unpaired) electrons. The van der Waals surface area contributed by atoms with Gasteiger partial charge in [-0.05, 0) is 50.2 Å². The van der Waals surface area contributed by atoms with E-state index in [1.54, 1.807) is 0 Å². The molecule has 2 atom stereocenters. The van der Waals surface area contributed by atoms with Crippen LogP contribution in [0, 0.1) is 0 Å². The average molecular weight is 274 g/mol. The number of fused-ring (bicyclic) bond motifs is 1. The van der Waals surface area contributed by atoms with Gasteiger partial charge in [0.05, 0.1) is 17.3 Å². The maximum absolute atomic E-state index is 6.07. The van der Waals surface area contributed by atoms with E-state index in [1.165, 1.54) is 17.7 Å². The topological polar surface area (TPSA) is 34.2 Å². The molecule has 2 heterocycles. The number of hydrogen-bond acceptors (Lipinski definition) is 3. The highest BCUT2D eigenvalue weighted by Gasteiger charge is 2.36. The minimum atomic E-state index is 0.0987. The molecule has 1 aromatic heterocycles. The van der Waals surface area contributed by atoms with Crippen LogP contribution in [0.15, 0.2) is 18.3 Å². The summed E-state index contributed by atoms with van der Waals surface area (Å²) in [5.41, 5.74) is 2.80. The summed E-state index contributed by atoms with van der Waals surface area (Å²) < 4.78 is 6.07. The molecule has 0 aromatic carbocycles. The fourth-order valence-electron chi connectivity index (χ4n) is 3.77. The fourth-order valence-corrected chi connectivity index (χ4v) is 3.77. The second kappa shape index (κ2) is 5.82. The van der Waals surface area contributed by atoms with Gasteiger partial charge in [-0.1, -0.05) is 19.9 Å². The van der Waals surface area contributed by atoms with Crippen molar-refractivity contribution in [1.82, 2.24) is 10.3 Å². The number of rotatable bonds is 4. The molecule has 110 valence electrons. The smallest absolute Gasteiger partial charge is 0.0692 e. The Labute approximate surface area is 122 Å². The normalized spacial score (nSPS) is 28.3. The molecule has 0 amide bonds. The summed E-state index contributed by atoms with van der Waals surface area (Å²) >= 11 is 0. The average Bonchev–Trinajstić information content (AvgIpc) is 2.91. The Morgan fingerprint density at radius 1 is 1.35 bits per heavy atom. The zero-order chi connectivity index (χ0) is 14.0. The molecule has 1 aliphatic heterocycles. The largest absolute Gasteiger partial charge is 0.375 e. The summed E-state index contributed by atoms with van der Waals surface area (Å²) in [7, 11) is 0. The molecule has 2 unspecified atom stereocenters. The number of ether oxygens (including phenoxy) is 1. The monoisotopic (exact) mass is 274 g/mol. The Morgan fingerprint density at radius 2 is 2.20 bits per heavy atom. The van der Waals surface area contributed by atoms with Crippen molar-refractivity contribution in [2.75, 3.05) is 6.61 Å². The summed E-state index contributed by atoms with van der Waals surface area (Å²) in [6.07, 6.45) is 8.76. The molecule has 2 aliphatic rings. The molecule has 1 aliphatic carbocycles. The minimum Gasteiger partial charge on any atom is -0.375 e. The highest BCUT2D eigenvalue weighted by molar-refractivity contribution is 5.28. The predicted octanol–water partition coefficient (Wildman–Crippen LogP) is 3.40. The van der Waals surface area contributed by atoms with Crippen LogP contribution in [0.25, 0.3) is 0 Å². The molecule has 0 spiro atoms. The molecule has 3 rings (SSSR count). The van der Waals surface area contributed by atoms with Crippen molar-refractivity contribution in [2.45, 2.75) is 70.1 Å². The van der Waals surface area contributed by atoms with E-state index in [4.69, 9.17) is 4.74 Å². The minimum absolute atomic E-state index is 0.0987. The third-order valence-electron chi connectivity index (χ3n) is 5.18. The van der Waals surface area contributed by atoms with E-state index in [9.17, 15) is 0 Å². The second-order valence-corrected chi connectivity index (χ2v) is 6.23. The van der Waals surface area contributed by atoms with Gasteiger partial charge in [0, 0.05) is 18.8 Å². The third-order valence-corrected chi connectivity index (χ3v) is 5.18. The third kappa shape index (κ3) is 2.61. The van der Waals surface area contributed by atoms with Crippen LogP contribution in [-0.4, -0.2) is 23.2 Å². The SMILES string of the molecule is CCC1(CC)CC(NC2CCc3cccnc32)CCO1. The van der Waals surface area contributed by atoms with Gasteiger partial charge in [0.1, 0.15) is 0 Å². The van der Waals surface area contributed by atoms with Crippen molar-refractivity contribution < 1.29 is 4.74 Å². The molecule has 1 fully saturated rings. The highest BCUT2D eigenvalue weighted by atomic mass is 16.5. The summed E-state index contributed by atoms with van der Waals surface area (Å²) in [6.45, 7) is 5.39. The van der Waals surface area contributed by atoms with Gasteiger partial charge in [-0.2, -0.15) is 0 Å². The molecule has 1 N–H and O–H groups in total. The lowest BCUT2D eigenvalue weighted by Gasteiger charge is -2.41. The summed E-state index contributed by atoms with van der Waals surface area (Å²) in [5, 5.41) is 3.85. The van der Waals surface area contributed by atoms with Crippen LogP contribution in [0.2, 0.25) is 0 Å². The second-order valence-electron chi connectivity index (χ2n) is 6.23. The van der Waals surface area contributed by atoms with E-state index in [0.29, 0.717) is 12.1 Å². The summed E-state index contributed by atoms with van der Waals surface area (Å²) in [5.74, 6) is 0. The van der Waals surface area contributed by atoms with Crippen LogP contribution in [-0.2, 0) is 11.2 Å². The van der Waals surface area contributed by atoms with E-state index in [0.717, 1.165) is 38.7 Å². The number of nitrogens with zero attached hydrogens (tertiary/aromatic N) is 1. The van der Waals surface area contributed by atoms with E-state index in [-0.39, 0.29) is 5.60 Å². The summed E-state index contributed by atoms with van der Waals surface area (Å²) in [6, 6.07) is 5.29. The van der Waals surface area contributed by atoms with Crippen molar-refractivity contribution in [2.24, 2.45) is 0 Å². The van der Waals surface area contributed by atoms with Gasteiger partial charge in [0.15, 0.2) is 0 Å². The van der Waals surface area contributed by atoms with E-state index >= 15 is 0 Å². The van der Waals surface area contributed by atoms with Gasteiger partial charge in [-0.15, -0.1) is 0 Å². The first-order valence-corrected chi connectivity index (χ1v) is 8.10. The highest BCUT2D eigenvalue weighted by Crippen LogP contribution is 2.35. The number of nitrogens with one attached hydrogen (secondary N) is 1. The van der Waals surface area contributed by atoms with Crippen LogP contribution >= 0.6 is 0 Å². The lowest BCUT2D eigenvalue weighted by atomic mass is 9.85. The Hall–Kier alpha value is -0.930. The van der Waals surface area contributed by atoms with Crippen molar-refractivity contribution in [3.05, 3.63) is 29.6 Å². The van der Waals surface area contributed by atoms with Crippen molar-refractivity contribution in [1.29, 1.82) is 0 Å². The standard InChI is InChI=1S/C17H26N2O/c1-3-17(4-2)12-14(9-11-20-17)19-15-8-7-13-6-5-10-18-16(13)15/h5-6,10,14-15,19H,3-4,7-9,11-12H2,1-2H3. The molecular formula is C17H26N2O. The zero-order valence-corrected chi connectivity index (χ0v) is 12.7. The molecule has 20 heavy (non-hydrogen) atoms. The molecular weight excluding hydrogens is 248 g/mol. The Kier molecular flexibility index (Phi) is 4.08. The fraction of sp³-hybridized carbons (Fsp3) is 0.706. The van der Waals surface area contributed by atoms with Gasteiger partial charge >= 0.3 is 0 Å². The number of aryl methyl sites for hydroxylation is 1. The lowest BCUT2D eigenvalue weighted by molar-refractivity contribution is -0.0941. The van der Waals surface area contributed by atoms with Crippen LogP contribution in [0.5, 0.6) is 0 Å². The Balaban J connectivity index is 1.67. The van der Waals surface area contributed by atoms with Crippen molar-refractivity contribution in [3.8, 4) is 0 Å². The quantitative estimate of drug-likeness (QED) is 0.913. The molecule has 0 bridgehead atoms. The molecule has 3 nitrogen and oxygen atoms in total. The molecule has 1 aromatic rings. The van der Waals surface area contributed by atoms with Gasteiger partial charge in [0.25, 0.3) is 0 Å². The van der Waals surface area contributed by atoms with Crippen LogP contribution in [0.3, 0.4) is 0 Å². The van der Waals surface area contributed by atoms with Crippen LogP contribution in [0.1, 0.15) is 63.3 Å². The Bertz CT molecular complexity index is 456. The maximum atomic E-state index is 6.07. The molecule has 3 heteroatoms. The number of aromatic nitrogens is 1. The summed E-state index contributed by atoms with van der Waals surface area (Å²) in [4.78, 5) is 4.59. The van der Waals surface area contributed by atoms with Crippen LogP contribution in [0.4, 0.5) is 0 Å². The zero-order valence-electron chi connectivity index (χ0n) is 12.7. The van der Waals surface area contributed by atoms with Crippen molar-refractivity contribution >= 4 is 0 Å². The van der Waals surface area contributed by atoms with Gasteiger partial charge in [-0.25, -0.2) is 0 Å². The Morgan fingerprint density at radius 3 is 3.00 bits per heavy atom. The van der Waals surface area contributed by atoms with E-state index < -0.39 is 0 Å². The first-order chi connectivity index (χ1) is 9.76. The predicted molar refractivity (Wildman–Crippen MR) is 80.7 cm³/mol. The first kappa shape index (κ1) is 14.0. The lowest BCUT2D eigenvalue weighted by Crippen LogP contribution is -2.47. The van der Waals surface area contributed by atoms with E-state index in [1.807, 2.05) is 6.20 Å². The van der Waals surface area contributed by atoms with Gasteiger partial charge < -0.3 is 10.1 Å². The van der Waals surface area contributed by atoms with E-state index in [2.05, 4.69) is 36.3 Å². The van der Waals surface area contributed by atoms with Crippen molar-refractivity contribution in [3.63, 3.8) is 0 Å². The number of hydrogen-bond donors (Lipinski definition) is 1. The number of pyridine rings is 1. The van der Waals surface area contributed by atoms with Crippen LogP contribution < -0.4 is 5.32 Å². The van der Waals surface area contributed by atoms with Gasteiger partial charge in [0.2, 0.25) is 0 Å². The molecule has 1 saturated heterocycles. The van der Waals surface area contributed by atoms with Gasteiger partial charge in [-0.3, -0.25) is 4.98 Å². The molecule has 0 saturated carbocycles. The first-order valence-electron chi connectivity index (χ1n) is 8.10. The maximum Gasteiger partial charge on any atom is 0.0692 e.